The zero-order chi connectivity index (χ0) is 28.2. The number of ether oxygens (including phenoxy) is 4. The van der Waals surface area contributed by atoms with Gasteiger partial charge in [-0.1, -0.05) is 65.9 Å². The summed E-state index contributed by atoms with van der Waals surface area (Å²) in [6.45, 7) is 1.91. The van der Waals surface area contributed by atoms with Crippen molar-refractivity contribution in [3.05, 3.63) is 115 Å². The van der Waals surface area contributed by atoms with Gasteiger partial charge in [0, 0.05) is 11.1 Å². The van der Waals surface area contributed by atoms with Crippen LogP contribution in [0.3, 0.4) is 0 Å². The molecule has 0 unspecified atom stereocenters. The lowest BCUT2D eigenvalue weighted by atomic mass is 9.93. The molecule has 8 nitrogen and oxygen atoms in total. The van der Waals surface area contributed by atoms with Crippen molar-refractivity contribution < 1.29 is 23.7 Å². The molecule has 1 aliphatic rings. The minimum Gasteiger partial charge on any atom is -0.496 e. The van der Waals surface area contributed by atoms with Crippen molar-refractivity contribution >= 4 is 29.1 Å². The van der Waals surface area contributed by atoms with Gasteiger partial charge in [0.2, 0.25) is 0 Å². The van der Waals surface area contributed by atoms with E-state index in [0.717, 1.165) is 11.1 Å². The highest BCUT2D eigenvalue weighted by Crippen LogP contribution is 2.38. The van der Waals surface area contributed by atoms with E-state index in [9.17, 15) is 9.59 Å². The lowest BCUT2D eigenvalue weighted by Gasteiger charge is -2.26. The van der Waals surface area contributed by atoms with Crippen LogP contribution in [0.5, 0.6) is 17.2 Å². The van der Waals surface area contributed by atoms with Gasteiger partial charge in [-0.2, -0.15) is 0 Å². The Labute approximate surface area is 235 Å². The van der Waals surface area contributed by atoms with Crippen LogP contribution in [0.15, 0.2) is 88.2 Å². The van der Waals surface area contributed by atoms with E-state index in [1.807, 2.05) is 60.7 Å². The summed E-state index contributed by atoms with van der Waals surface area (Å²) < 4.78 is 24.0. The Morgan fingerprint density at radius 2 is 1.62 bits per heavy atom. The summed E-state index contributed by atoms with van der Waals surface area (Å²) in [6, 6.07) is 21.4. The summed E-state index contributed by atoms with van der Waals surface area (Å²) in [5, 5.41) is 0. The van der Waals surface area contributed by atoms with E-state index in [4.69, 9.17) is 23.9 Å². The number of carbonyl (C=O) groups excluding carboxylic acids is 1. The molecule has 0 saturated heterocycles. The highest BCUT2D eigenvalue weighted by atomic mass is 32.1. The molecule has 9 heteroatoms. The zero-order valence-electron chi connectivity index (χ0n) is 22.5. The number of nitrogens with zero attached hydrogens (tertiary/aromatic N) is 2. The van der Waals surface area contributed by atoms with Crippen molar-refractivity contribution in [3.63, 3.8) is 0 Å². The molecule has 40 heavy (non-hydrogen) atoms. The third-order valence-corrected chi connectivity index (χ3v) is 7.51. The molecule has 0 amide bonds. The molecular weight excluding hydrogens is 528 g/mol. The highest BCUT2D eigenvalue weighted by Gasteiger charge is 2.35. The Hall–Kier alpha value is -4.63. The van der Waals surface area contributed by atoms with Crippen molar-refractivity contribution in [2.45, 2.75) is 13.0 Å². The smallest absolute Gasteiger partial charge is 0.338 e. The van der Waals surface area contributed by atoms with E-state index in [1.165, 1.54) is 18.4 Å². The Bertz CT molecular complexity index is 1770. The first kappa shape index (κ1) is 27.0. The van der Waals surface area contributed by atoms with Gasteiger partial charge in [0.1, 0.15) is 5.75 Å². The minimum absolute atomic E-state index is 0.168. The van der Waals surface area contributed by atoms with Crippen LogP contribution in [0.25, 0.3) is 11.8 Å². The van der Waals surface area contributed by atoms with Gasteiger partial charge in [0.15, 0.2) is 16.3 Å². The van der Waals surface area contributed by atoms with E-state index >= 15 is 0 Å². The molecule has 4 aromatic rings. The maximum atomic E-state index is 14.1. The van der Waals surface area contributed by atoms with Crippen LogP contribution in [-0.2, 0) is 9.53 Å². The number of thiazole rings is 1. The maximum Gasteiger partial charge on any atom is 0.338 e. The first-order valence-electron chi connectivity index (χ1n) is 12.6. The van der Waals surface area contributed by atoms with Gasteiger partial charge >= 0.3 is 5.97 Å². The lowest BCUT2D eigenvalue weighted by molar-refractivity contribution is -0.138. The van der Waals surface area contributed by atoms with Crippen LogP contribution >= 0.6 is 11.3 Å². The fraction of sp³-hybridized carbons (Fsp3) is 0.194. The minimum atomic E-state index is -0.829. The van der Waals surface area contributed by atoms with Gasteiger partial charge in [-0.15, -0.1) is 0 Å². The standard InChI is InChI=1S/C31H28N2O6S/c1-5-39-30(35)26-27(19-11-7-6-8-12-19)32-31-33(28(26)21-15-16-23(37-3)24(17-21)38-4)29(34)25(40-31)18-20-13-9-10-14-22(20)36-2/h6-18,28H,5H2,1-4H3/b25-18+/t28-/m1/s1. The van der Waals surface area contributed by atoms with Crippen molar-refractivity contribution in [1.82, 2.24) is 4.57 Å². The first-order valence-corrected chi connectivity index (χ1v) is 13.5. The molecule has 0 saturated carbocycles. The Balaban J connectivity index is 1.85. The summed E-state index contributed by atoms with van der Waals surface area (Å²) in [7, 11) is 4.68. The predicted octanol–water partition coefficient (Wildman–Crippen LogP) is 3.96. The largest absolute Gasteiger partial charge is 0.496 e. The maximum absolute atomic E-state index is 14.1. The van der Waals surface area contributed by atoms with Crippen LogP contribution in [0.2, 0.25) is 0 Å². The molecule has 1 aliphatic heterocycles. The molecular formula is C31H28N2O6S. The molecule has 0 fully saturated rings. The second-order valence-electron chi connectivity index (χ2n) is 8.79. The summed E-state index contributed by atoms with van der Waals surface area (Å²) in [5.41, 5.74) is 2.56. The second kappa shape index (κ2) is 11.6. The van der Waals surface area contributed by atoms with Crippen LogP contribution in [-0.4, -0.2) is 38.5 Å². The molecule has 0 aliphatic carbocycles. The molecule has 1 atom stereocenters. The molecule has 0 radical (unpaired) electrons. The number of hydrogen-bond donors (Lipinski definition) is 0. The summed E-state index contributed by atoms with van der Waals surface area (Å²) in [5.74, 6) is 1.09. The Morgan fingerprint density at radius 1 is 0.925 bits per heavy atom. The Kier molecular flexibility index (Phi) is 7.84. The molecule has 2 heterocycles. The Morgan fingerprint density at radius 3 is 2.33 bits per heavy atom. The van der Waals surface area contributed by atoms with Crippen molar-refractivity contribution in [3.8, 4) is 17.2 Å². The summed E-state index contributed by atoms with van der Waals surface area (Å²) in [4.78, 5) is 33.0. The van der Waals surface area contributed by atoms with E-state index in [0.29, 0.717) is 37.8 Å². The SMILES string of the molecule is CCOC(=O)C1=C(c2ccccc2)N=c2s/c(=C/c3ccccc3OC)c(=O)n2[C@@H]1c1ccc(OC)c(OC)c1. The van der Waals surface area contributed by atoms with Crippen molar-refractivity contribution in [2.24, 2.45) is 4.99 Å². The van der Waals surface area contributed by atoms with Gasteiger partial charge in [0.05, 0.1) is 49.8 Å². The molecule has 0 spiro atoms. The molecule has 204 valence electrons. The monoisotopic (exact) mass is 556 g/mol. The molecule has 5 rings (SSSR count). The fourth-order valence-electron chi connectivity index (χ4n) is 4.71. The predicted molar refractivity (Wildman–Crippen MR) is 154 cm³/mol. The van der Waals surface area contributed by atoms with Crippen molar-refractivity contribution in [1.29, 1.82) is 0 Å². The van der Waals surface area contributed by atoms with E-state index in [1.54, 1.807) is 43.9 Å². The molecule has 1 aromatic heterocycles. The number of carbonyl (C=O) groups is 1. The fourth-order valence-corrected chi connectivity index (χ4v) is 5.70. The second-order valence-corrected chi connectivity index (χ2v) is 9.80. The van der Waals surface area contributed by atoms with E-state index < -0.39 is 12.0 Å². The number of rotatable bonds is 8. The summed E-state index contributed by atoms with van der Waals surface area (Å²) >= 11 is 1.25. The number of methoxy groups -OCH3 is 3. The van der Waals surface area contributed by atoms with Gasteiger partial charge in [0.25, 0.3) is 5.56 Å². The molecule has 3 aromatic carbocycles. The third kappa shape index (κ3) is 4.91. The van der Waals surface area contributed by atoms with E-state index in [-0.39, 0.29) is 17.7 Å². The average Bonchev–Trinajstić information content (AvgIpc) is 3.30. The quantitative estimate of drug-likeness (QED) is 0.306. The number of esters is 1. The van der Waals surface area contributed by atoms with Crippen LogP contribution in [0, 0.1) is 0 Å². The number of fused-ring (bicyclic) bond motifs is 1. The van der Waals surface area contributed by atoms with Gasteiger partial charge in [-0.05, 0) is 36.8 Å². The van der Waals surface area contributed by atoms with E-state index in [2.05, 4.69) is 0 Å². The van der Waals surface area contributed by atoms with Crippen LogP contribution in [0.4, 0.5) is 0 Å². The highest BCUT2D eigenvalue weighted by molar-refractivity contribution is 7.07. The third-order valence-electron chi connectivity index (χ3n) is 6.52. The average molecular weight is 557 g/mol. The lowest BCUT2D eigenvalue weighted by Crippen LogP contribution is -2.40. The topological polar surface area (TPSA) is 88.4 Å². The number of para-hydroxylation sites is 1. The number of aromatic nitrogens is 1. The number of benzene rings is 3. The molecule has 0 N–H and O–H groups in total. The first-order chi connectivity index (χ1) is 19.5. The van der Waals surface area contributed by atoms with Crippen LogP contribution < -0.4 is 29.1 Å². The van der Waals surface area contributed by atoms with Crippen LogP contribution in [0.1, 0.15) is 29.7 Å². The molecule has 0 bridgehead atoms. The van der Waals surface area contributed by atoms with Gasteiger partial charge in [-0.3, -0.25) is 9.36 Å². The normalized spacial score (nSPS) is 14.8. The summed E-state index contributed by atoms with van der Waals surface area (Å²) in [6.07, 6.45) is 1.78. The van der Waals surface area contributed by atoms with Crippen molar-refractivity contribution in [2.75, 3.05) is 27.9 Å². The van der Waals surface area contributed by atoms with Gasteiger partial charge < -0.3 is 18.9 Å². The van der Waals surface area contributed by atoms with Gasteiger partial charge in [-0.25, -0.2) is 9.79 Å². The zero-order valence-corrected chi connectivity index (χ0v) is 23.4. The number of hydrogen-bond acceptors (Lipinski definition) is 8.